The minimum Gasteiger partial charge on any atom is -0.485 e. The minimum atomic E-state index is -0.251. The average molecular weight is 373 g/mol. The third kappa shape index (κ3) is 6.05. The van der Waals surface area contributed by atoms with Gasteiger partial charge in [-0.3, -0.25) is 4.79 Å². The fraction of sp³-hybridized carbons (Fsp3) is 0.500. The first-order chi connectivity index (χ1) is 13.1. The zero-order chi connectivity index (χ0) is 19.6. The highest BCUT2D eigenvalue weighted by Gasteiger charge is 2.16. The van der Waals surface area contributed by atoms with E-state index in [-0.39, 0.29) is 11.3 Å². The van der Waals surface area contributed by atoms with Gasteiger partial charge < -0.3 is 19.8 Å². The molecule has 0 saturated heterocycles. The second-order valence-corrected chi connectivity index (χ2v) is 6.90. The molecule has 2 N–H and O–H groups in total. The van der Waals surface area contributed by atoms with Gasteiger partial charge in [0, 0.05) is 17.6 Å². The number of aromatic nitrogens is 1. The lowest BCUT2D eigenvalue weighted by Gasteiger charge is -2.15. The van der Waals surface area contributed by atoms with Crippen molar-refractivity contribution in [3.05, 3.63) is 40.2 Å². The van der Waals surface area contributed by atoms with E-state index in [4.69, 9.17) is 9.47 Å². The molecule has 0 unspecified atom stereocenters. The molecule has 5 heteroatoms. The summed E-state index contributed by atoms with van der Waals surface area (Å²) >= 11 is 0. The molecule has 0 fully saturated rings. The molecule has 0 spiro atoms. The molecule has 0 aliphatic carbocycles. The van der Waals surface area contributed by atoms with Crippen molar-refractivity contribution in [3.63, 3.8) is 0 Å². The van der Waals surface area contributed by atoms with Crippen LogP contribution < -0.4 is 20.3 Å². The summed E-state index contributed by atoms with van der Waals surface area (Å²) in [6.45, 7) is 9.99. The number of benzene rings is 1. The summed E-state index contributed by atoms with van der Waals surface area (Å²) in [4.78, 5) is 15.6. The molecular weight excluding hydrogens is 340 g/mol. The smallest absolute Gasteiger partial charge is 0.294 e. The van der Waals surface area contributed by atoms with E-state index in [9.17, 15) is 4.79 Å². The Kier molecular flexibility index (Phi) is 8.24. The van der Waals surface area contributed by atoms with E-state index in [1.165, 1.54) is 18.4 Å². The van der Waals surface area contributed by atoms with E-state index in [2.05, 4.69) is 17.2 Å². The maximum absolute atomic E-state index is 12.6. The molecule has 0 aliphatic rings. The van der Waals surface area contributed by atoms with Gasteiger partial charge in [0.05, 0.1) is 12.1 Å². The Labute approximate surface area is 161 Å². The number of unbranched alkanes of at least 4 members (excludes halogenated alkanes) is 3. The average Bonchev–Trinajstić information content (AvgIpc) is 2.63. The number of hydrogen-bond acceptors (Lipinski definition) is 4. The summed E-state index contributed by atoms with van der Waals surface area (Å²) in [5.74, 6) is 0.794. The van der Waals surface area contributed by atoms with Crippen molar-refractivity contribution in [3.8, 4) is 11.5 Å². The van der Waals surface area contributed by atoms with Gasteiger partial charge in [0.2, 0.25) is 5.75 Å². The Morgan fingerprint density at radius 3 is 2.63 bits per heavy atom. The molecule has 0 radical (unpaired) electrons. The molecule has 2 rings (SSSR count). The molecule has 1 aromatic carbocycles. The van der Waals surface area contributed by atoms with Gasteiger partial charge in [0.15, 0.2) is 5.75 Å². The predicted octanol–water partition coefficient (Wildman–Crippen LogP) is 5.26. The second-order valence-electron chi connectivity index (χ2n) is 6.90. The maximum Gasteiger partial charge on any atom is 0.294 e. The summed E-state index contributed by atoms with van der Waals surface area (Å²) < 4.78 is 11.8. The van der Waals surface area contributed by atoms with E-state index >= 15 is 0 Å². The fourth-order valence-electron chi connectivity index (χ4n) is 2.83. The number of hydrogen-bond donors (Lipinski definition) is 2. The first kappa shape index (κ1) is 20.9. The molecule has 5 nitrogen and oxygen atoms in total. The quantitative estimate of drug-likeness (QED) is 0.417. The molecule has 27 heavy (non-hydrogen) atoms. The molecule has 0 amide bonds. The van der Waals surface area contributed by atoms with Gasteiger partial charge in [-0.05, 0) is 51.5 Å². The number of rotatable bonds is 11. The van der Waals surface area contributed by atoms with Crippen LogP contribution in [-0.2, 0) is 0 Å². The second kappa shape index (κ2) is 10.7. The summed E-state index contributed by atoms with van der Waals surface area (Å²) in [6, 6.07) is 5.88. The van der Waals surface area contributed by atoms with Crippen LogP contribution in [0, 0.1) is 0 Å². The predicted molar refractivity (Wildman–Crippen MR) is 113 cm³/mol. The van der Waals surface area contributed by atoms with Crippen LogP contribution in [0.3, 0.4) is 0 Å². The Balaban J connectivity index is 2.35. The van der Waals surface area contributed by atoms with Gasteiger partial charge in [-0.15, -0.1) is 0 Å². The molecule has 2 aromatic rings. The van der Waals surface area contributed by atoms with E-state index in [1.54, 1.807) is 0 Å². The van der Waals surface area contributed by atoms with Crippen LogP contribution in [0.1, 0.15) is 53.4 Å². The van der Waals surface area contributed by atoms with E-state index in [1.807, 2.05) is 45.0 Å². The number of anilines is 1. The third-order valence-electron chi connectivity index (χ3n) is 4.27. The van der Waals surface area contributed by atoms with Crippen LogP contribution in [-0.4, -0.2) is 24.7 Å². The van der Waals surface area contributed by atoms with Crippen molar-refractivity contribution in [2.75, 3.05) is 25.1 Å². The van der Waals surface area contributed by atoms with Gasteiger partial charge in [-0.2, -0.15) is 0 Å². The first-order valence-electron chi connectivity index (χ1n) is 9.89. The molecular formula is C22H32N2O3. The van der Waals surface area contributed by atoms with Crippen molar-refractivity contribution in [2.45, 2.75) is 53.4 Å². The number of nitrogens with one attached hydrogen (secondary N) is 2. The molecule has 148 valence electrons. The first-order valence-corrected chi connectivity index (χ1v) is 9.89. The lowest BCUT2D eigenvalue weighted by atomic mass is 10.1. The molecule has 0 aliphatic heterocycles. The van der Waals surface area contributed by atoms with Crippen LogP contribution in [0.15, 0.2) is 34.6 Å². The summed E-state index contributed by atoms with van der Waals surface area (Å²) in [5, 5.41) is 4.11. The standard InChI is InChI=1S/C22H32N2O3/c1-5-7-8-9-13-26-21-20(27-14-12-16(3)4)18-11-10-17(23-6-2)15-19(18)24-22(21)25/h10-12,15,23H,5-9,13-14H2,1-4H3,(H,24,25). The molecule has 1 heterocycles. The molecule has 0 bridgehead atoms. The Hall–Kier alpha value is -2.43. The lowest BCUT2D eigenvalue weighted by molar-refractivity contribution is 0.274. The van der Waals surface area contributed by atoms with Gasteiger partial charge in [-0.1, -0.05) is 31.8 Å². The fourth-order valence-corrected chi connectivity index (χ4v) is 2.83. The monoisotopic (exact) mass is 372 g/mol. The highest BCUT2D eigenvalue weighted by molar-refractivity contribution is 5.89. The summed E-state index contributed by atoms with van der Waals surface area (Å²) in [7, 11) is 0. The SMILES string of the molecule is CCCCCCOc1c(OCC=C(C)C)c2ccc(NCC)cc2[nH]c1=O. The third-order valence-corrected chi connectivity index (χ3v) is 4.27. The Bertz CT molecular complexity index is 820. The summed E-state index contributed by atoms with van der Waals surface area (Å²) in [6.07, 6.45) is 6.36. The number of aromatic amines is 1. The number of H-pyrrole nitrogens is 1. The molecule has 0 saturated carbocycles. The van der Waals surface area contributed by atoms with Gasteiger partial charge in [0.25, 0.3) is 5.56 Å². The van der Waals surface area contributed by atoms with E-state index in [0.717, 1.165) is 36.0 Å². The van der Waals surface area contributed by atoms with Crippen LogP contribution in [0.4, 0.5) is 5.69 Å². The number of allylic oxidation sites excluding steroid dienone is 1. The van der Waals surface area contributed by atoms with Crippen LogP contribution in [0.25, 0.3) is 10.9 Å². The minimum absolute atomic E-state index is 0.251. The van der Waals surface area contributed by atoms with Crippen molar-refractivity contribution < 1.29 is 9.47 Å². The van der Waals surface area contributed by atoms with Gasteiger partial charge >= 0.3 is 0 Å². The van der Waals surface area contributed by atoms with Gasteiger partial charge in [0.1, 0.15) is 6.61 Å². The normalized spacial score (nSPS) is 10.7. The van der Waals surface area contributed by atoms with Crippen LogP contribution >= 0.6 is 0 Å². The van der Waals surface area contributed by atoms with Crippen molar-refractivity contribution >= 4 is 16.6 Å². The molecule has 0 atom stereocenters. The summed E-state index contributed by atoms with van der Waals surface area (Å²) in [5.41, 5.74) is 2.62. The zero-order valence-electron chi connectivity index (χ0n) is 17.0. The lowest BCUT2D eigenvalue weighted by Crippen LogP contribution is -2.15. The maximum atomic E-state index is 12.6. The zero-order valence-corrected chi connectivity index (χ0v) is 17.0. The Morgan fingerprint density at radius 1 is 1.11 bits per heavy atom. The Morgan fingerprint density at radius 2 is 1.93 bits per heavy atom. The largest absolute Gasteiger partial charge is 0.485 e. The highest BCUT2D eigenvalue weighted by atomic mass is 16.5. The number of ether oxygens (including phenoxy) is 2. The van der Waals surface area contributed by atoms with Crippen LogP contribution in [0.2, 0.25) is 0 Å². The van der Waals surface area contributed by atoms with E-state index in [0.29, 0.717) is 19.0 Å². The van der Waals surface area contributed by atoms with Crippen molar-refractivity contribution in [1.29, 1.82) is 0 Å². The van der Waals surface area contributed by atoms with Crippen LogP contribution in [0.5, 0.6) is 11.5 Å². The van der Waals surface area contributed by atoms with Crippen molar-refractivity contribution in [2.24, 2.45) is 0 Å². The topological polar surface area (TPSA) is 63.4 Å². The van der Waals surface area contributed by atoms with Gasteiger partial charge in [-0.25, -0.2) is 0 Å². The number of fused-ring (bicyclic) bond motifs is 1. The highest BCUT2D eigenvalue weighted by Crippen LogP contribution is 2.33. The van der Waals surface area contributed by atoms with Crippen molar-refractivity contribution in [1.82, 2.24) is 4.98 Å². The van der Waals surface area contributed by atoms with E-state index < -0.39 is 0 Å². The molecule has 1 aromatic heterocycles. The number of pyridine rings is 1.